The van der Waals surface area contributed by atoms with Gasteiger partial charge in [-0.15, -0.1) is 0 Å². The molecule has 2 N–H and O–H groups in total. The van der Waals surface area contributed by atoms with Crippen LogP contribution in [0.1, 0.15) is 31.5 Å². The standard InChI is InChI=1S/C14H16N2O2/c17-14(18)10-4-2-1-3-9-13-15-11-7-5-6-8-12(11)16-13/h3,5-9H,1-2,4,10H2,(H,15,16)(H,17,18). The molecule has 0 spiro atoms. The fourth-order valence-corrected chi connectivity index (χ4v) is 1.78. The van der Waals surface area contributed by atoms with Gasteiger partial charge in [-0.25, -0.2) is 4.98 Å². The molecule has 0 unspecified atom stereocenters. The van der Waals surface area contributed by atoms with Gasteiger partial charge in [-0.2, -0.15) is 0 Å². The lowest BCUT2D eigenvalue weighted by molar-refractivity contribution is -0.137. The molecule has 0 aliphatic heterocycles. The molecule has 0 saturated carbocycles. The molecular formula is C14H16N2O2. The van der Waals surface area contributed by atoms with E-state index in [1.807, 2.05) is 36.4 Å². The Morgan fingerprint density at radius 2 is 2.17 bits per heavy atom. The summed E-state index contributed by atoms with van der Waals surface area (Å²) in [4.78, 5) is 18.0. The van der Waals surface area contributed by atoms with Crippen LogP contribution in [0.2, 0.25) is 0 Å². The number of carboxylic acids is 1. The molecule has 1 aromatic carbocycles. The number of aromatic amines is 1. The molecule has 18 heavy (non-hydrogen) atoms. The highest BCUT2D eigenvalue weighted by Gasteiger charge is 1.98. The van der Waals surface area contributed by atoms with Gasteiger partial charge in [0, 0.05) is 6.42 Å². The molecule has 94 valence electrons. The Morgan fingerprint density at radius 3 is 2.94 bits per heavy atom. The highest BCUT2D eigenvalue weighted by atomic mass is 16.4. The fraction of sp³-hybridized carbons (Fsp3) is 0.286. The predicted octanol–water partition coefficient (Wildman–Crippen LogP) is 3.22. The average Bonchev–Trinajstić information content (AvgIpc) is 2.75. The lowest BCUT2D eigenvalue weighted by atomic mass is 10.2. The third-order valence-corrected chi connectivity index (χ3v) is 2.69. The van der Waals surface area contributed by atoms with Crippen molar-refractivity contribution >= 4 is 23.1 Å². The maximum atomic E-state index is 10.3. The van der Waals surface area contributed by atoms with Crippen LogP contribution in [-0.2, 0) is 4.79 Å². The quantitative estimate of drug-likeness (QED) is 0.767. The number of nitrogens with one attached hydrogen (secondary N) is 1. The van der Waals surface area contributed by atoms with Crippen LogP contribution in [0.5, 0.6) is 0 Å². The number of aromatic nitrogens is 2. The van der Waals surface area contributed by atoms with E-state index >= 15 is 0 Å². The Morgan fingerprint density at radius 1 is 1.33 bits per heavy atom. The van der Waals surface area contributed by atoms with Crippen molar-refractivity contribution in [3.63, 3.8) is 0 Å². The number of aliphatic carboxylic acids is 1. The molecule has 0 atom stereocenters. The lowest BCUT2D eigenvalue weighted by Gasteiger charge is -1.92. The van der Waals surface area contributed by atoms with Crippen LogP contribution in [0.25, 0.3) is 17.1 Å². The number of para-hydroxylation sites is 2. The van der Waals surface area contributed by atoms with E-state index in [1.54, 1.807) is 0 Å². The number of unbranched alkanes of at least 4 members (excludes halogenated alkanes) is 2. The minimum absolute atomic E-state index is 0.248. The molecule has 0 amide bonds. The maximum absolute atomic E-state index is 10.3. The zero-order chi connectivity index (χ0) is 12.8. The van der Waals surface area contributed by atoms with Crippen LogP contribution >= 0.6 is 0 Å². The largest absolute Gasteiger partial charge is 0.481 e. The number of allylic oxidation sites excluding steroid dienone is 1. The van der Waals surface area contributed by atoms with Crippen LogP contribution < -0.4 is 0 Å². The van der Waals surface area contributed by atoms with Crippen LogP contribution in [0.15, 0.2) is 30.3 Å². The van der Waals surface area contributed by atoms with E-state index in [0.29, 0.717) is 0 Å². The minimum Gasteiger partial charge on any atom is -0.481 e. The van der Waals surface area contributed by atoms with Gasteiger partial charge in [-0.3, -0.25) is 4.79 Å². The highest BCUT2D eigenvalue weighted by molar-refractivity contribution is 5.76. The van der Waals surface area contributed by atoms with Crippen LogP contribution in [0.4, 0.5) is 0 Å². The summed E-state index contributed by atoms with van der Waals surface area (Å²) < 4.78 is 0. The first-order chi connectivity index (χ1) is 8.75. The second-order valence-electron chi connectivity index (χ2n) is 4.18. The summed E-state index contributed by atoms with van der Waals surface area (Å²) in [5.41, 5.74) is 1.99. The SMILES string of the molecule is O=C(O)CCCCC=Cc1nc2ccccc2[nH]1. The van der Waals surface area contributed by atoms with E-state index < -0.39 is 5.97 Å². The summed E-state index contributed by atoms with van der Waals surface area (Å²) in [5.74, 6) is 0.116. The Hall–Kier alpha value is -2.10. The molecule has 1 aromatic heterocycles. The molecule has 0 aliphatic rings. The second-order valence-corrected chi connectivity index (χ2v) is 4.18. The highest BCUT2D eigenvalue weighted by Crippen LogP contribution is 2.11. The van der Waals surface area contributed by atoms with Gasteiger partial charge in [0.15, 0.2) is 0 Å². The van der Waals surface area contributed by atoms with Gasteiger partial charge in [0.1, 0.15) is 5.82 Å². The van der Waals surface area contributed by atoms with E-state index in [-0.39, 0.29) is 6.42 Å². The van der Waals surface area contributed by atoms with E-state index in [4.69, 9.17) is 5.11 Å². The van der Waals surface area contributed by atoms with E-state index in [1.165, 1.54) is 0 Å². The fourth-order valence-electron chi connectivity index (χ4n) is 1.78. The number of H-pyrrole nitrogens is 1. The second kappa shape index (κ2) is 6.00. The van der Waals surface area contributed by atoms with Crippen molar-refractivity contribution in [1.29, 1.82) is 0 Å². The van der Waals surface area contributed by atoms with Gasteiger partial charge in [-0.1, -0.05) is 18.2 Å². The Balaban J connectivity index is 1.83. The van der Waals surface area contributed by atoms with Crippen molar-refractivity contribution in [2.24, 2.45) is 0 Å². The third-order valence-electron chi connectivity index (χ3n) is 2.69. The number of rotatable bonds is 6. The number of nitrogens with zero attached hydrogens (tertiary/aromatic N) is 1. The molecule has 4 heteroatoms. The van der Waals surface area contributed by atoms with Gasteiger partial charge in [0.2, 0.25) is 0 Å². The Kier molecular flexibility index (Phi) is 4.12. The topological polar surface area (TPSA) is 66.0 Å². The molecule has 0 radical (unpaired) electrons. The summed E-state index contributed by atoms with van der Waals surface area (Å²) in [7, 11) is 0. The van der Waals surface area contributed by atoms with Crippen molar-refractivity contribution in [2.45, 2.75) is 25.7 Å². The molecule has 1 heterocycles. The lowest BCUT2D eigenvalue weighted by Crippen LogP contribution is -1.92. The third kappa shape index (κ3) is 3.45. The molecule has 2 aromatic rings. The molecule has 0 fully saturated rings. The van der Waals surface area contributed by atoms with Gasteiger partial charge in [0.05, 0.1) is 11.0 Å². The monoisotopic (exact) mass is 244 g/mol. The van der Waals surface area contributed by atoms with Crippen molar-refractivity contribution in [3.8, 4) is 0 Å². The van der Waals surface area contributed by atoms with Gasteiger partial charge in [-0.05, 0) is 37.5 Å². The first kappa shape index (κ1) is 12.4. The smallest absolute Gasteiger partial charge is 0.303 e. The molecule has 0 bridgehead atoms. The summed E-state index contributed by atoms with van der Waals surface area (Å²) in [6.45, 7) is 0. The van der Waals surface area contributed by atoms with E-state index in [9.17, 15) is 4.79 Å². The van der Waals surface area contributed by atoms with Crippen molar-refractivity contribution in [1.82, 2.24) is 9.97 Å². The first-order valence-electron chi connectivity index (χ1n) is 6.09. The number of carbonyl (C=O) groups is 1. The van der Waals surface area contributed by atoms with Gasteiger partial charge in [0.25, 0.3) is 0 Å². The Labute approximate surface area is 105 Å². The van der Waals surface area contributed by atoms with Crippen LogP contribution in [0, 0.1) is 0 Å². The first-order valence-corrected chi connectivity index (χ1v) is 6.09. The number of benzene rings is 1. The van der Waals surface area contributed by atoms with Crippen molar-refractivity contribution in [3.05, 3.63) is 36.2 Å². The maximum Gasteiger partial charge on any atom is 0.303 e. The molecule has 0 saturated heterocycles. The summed E-state index contributed by atoms with van der Waals surface area (Å²) >= 11 is 0. The summed E-state index contributed by atoms with van der Waals surface area (Å²) in [6.07, 6.45) is 6.71. The summed E-state index contributed by atoms with van der Waals surface area (Å²) in [5, 5.41) is 8.50. The predicted molar refractivity (Wildman–Crippen MR) is 71.2 cm³/mol. The molecule has 2 rings (SSSR count). The normalized spacial score (nSPS) is 11.3. The van der Waals surface area contributed by atoms with Crippen LogP contribution in [0.3, 0.4) is 0 Å². The van der Waals surface area contributed by atoms with E-state index in [0.717, 1.165) is 36.1 Å². The molecule has 4 nitrogen and oxygen atoms in total. The number of fused-ring (bicyclic) bond motifs is 1. The molecular weight excluding hydrogens is 228 g/mol. The van der Waals surface area contributed by atoms with Crippen LogP contribution in [-0.4, -0.2) is 21.0 Å². The zero-order valence-corrected chi connectivity index (χ0v) is 10.1. The van der Waals surface area contributed by atoms with Gasteiger partial charge < -0.3 is 10.1 Å². The van der Waals surface area contributed by atoms with Crippen molar-refractivity contribution in [2.75, 3.05) is 0 Å². The zero-order valence-electron chi connectivity index (χ0n) is 10.1. The Bertz CT molecular complexity index is 525. The molecule has 0 aliphatic carbocycles. The number of carboxylic acid groups (broad SMARTS) is 1. The summed E-state index contributed by atoms with van der Waals surface area (Å²) in [6, 6.07) is 7.89. The van der Waals surface area contributed by atoms with Gasteiger partial charge >= 0.3 is 5.97 Å². The minimum atomic E-state index is -0.726. The van der Waals surface area contributed by atoms with E-state index in [2.05, 4.69) is 9.97 Å². The number of hydrogen-bond acceptors (Lipinski definition) is 2. The number of imidazole rings is 1. The van der Waals surface area contributed by atoms with Crippen molar-refractivity contribution < 1.29 is 9.90 Å². The average molecular weight is 244 g/mol. The number of hydrogen-bond donors (Lipinski definition) is 2.